The highest BCUT2D eigenvalue weighted by Gasteiger charge is 2.04. The summed E-state index contributed by atoms with van der Waals surface area (Å²) in [6.45, 7) is 2.12. The molecule has 0 amide bonds. The molecule has 0 aliphatic carbocycles. The molecule has 2 rings (SSSR count). The molecule has 0 aliphatic heterocycles. The predicted octanol–water partition coefficient (Wildman–Crippen LogP) is 2.69. The fourth-order valence-corrected chi connectivity index (χ4v) is 2.77. The van der Waals surface area contributed by atoms with Crippen molar-refractivity contribution in [3.05, 3.63) is 59.7 Å². The van der Waals surface area contributed by atoms with Crippen LogP contribution < -0.4 is 5.11 Å². The van der Waals surface area contributed by atoms with Crippen molar-refractivity contribution in [1.82, 2.24) is 0 Å². The van der Waals surface area contributed by atoms with Crippen molar-refractivity contribution in [2.24, 2.45) is 0 Å². The van der Waals surface area contributed by atoms with Gasteiger partial charge in [0.25, 0.3) is 0 Å². The molecule has 0 radical (unpaired) electrons. The van der Waals surface area contributed by atoms with E-state index in [-0.39, 0.29) is 6.42 Å². The fourth-order valence-electron chi connectivity index (χ4n) is 1.83. The van der Waals surface area contributed by atoms with Gasteiger partial charge in [-0.25, -0.2) is 0 Å². The Morgan fingerprint density at radius 3 is 2.42 bits per heavy atom. The Bertz CT molecular complexity index is 561. The third-order valence-corrected chi connectivity index (χ3v) is 3.99. The molecule has 3 heteroatoms. The zero-order valence-corrected chi connectivity index (χ0v) is 11.6. The normalized spacial score (nSPS) is 10.4. The van der Waals surface area contributed by atoms with Gasteiger partial charge in [-0.3, -0.25) is 0 Å². The standard InChI is InChI=1S/C16H16O2S/c1-2-12-7-9-14(10-8-12)19-15-6-4-3-5-13(15)11-16(17)18/h3-10H,2,11H2,1H3,(H,17,18)/p-1. The van der Waals surface area contributed by atoms with Crippen LogP contribution in [0.5, 0.6) is 0 Å². The lowest BCUT2D eigenvalue weighted by molar-refractivity contribution is -0.304. The second-order valence-electron chi connectivity index (χ2n) is 4.26. The molecule has 0 saturated heterocycles. The summed E-state index contributed by atoms with van der Waals surface area (Å²) in [6.07, 6.45) is 0.975. The summed E-state index contributed by atoms with van der Waals surface area (Å²) in [4.78, 5) is 12.8. The van der Waals surface area contributed by atoms with E-state index in [9.17, 15) is 9.90 Å². The van der Waals surface area contributed by atoms with Gasteiger partial charge >= 0.3 is 0 Å². The van der Waals surface area contributed by atoms with Crippen LogP contribution in [0.4, 0.5) is 0 Å². The second kappa shape index (κ2) is 6.43. The minimum atomic E-state index is -1.05. The maximum atomic E-state index is 10.7. The van der Waals surface area contributed by atoms with E-state index in [0.29, 0.717) is 0 Å². The average molecular weight is 271 g/mol. The van der Waals surface area contributed by atoms with Gasteiger partial charge in [0.2, 0.25) is 0 Å². The lowest BCUT2D eigenvalue weighted by atomic mass is 10.1. The van der Waals surface area contributed by atoms with Crippen molar-refractivity contribution in [1.29, 1.82) is 0 Å². The largest absolute Gasteiger partial charge is 0.550 e. The Labute approximate surface area is 117 Å². The average Bonchev–Trinajstić information content (AvgIpc) is 2.41. The van der Waals surface area contributed by atoms with E-state index in [4.69, 9.17) is 0 Å². The van der Waals surface area contributed by atoms with E-state index in [2.05, 4.69) is 31.2 Å². The highest BCUT2D eigenvalue weighted by Crippen LogP contribution is 2.30. The predicted molar refractivity (Wildman–Crippen MR) is 75.1 cm³/mol. The summed E-state index contributed by atoms with van der Waals surface area (Å²) >= 11 is 1.58. The smallest absolute Gasteiger partial charge is 0.0458 e. The van der Waals surface area contributed by atoms with Crippen LogP contribution in [0, 0.1) is 0 Å². The van der Waals surface area contributed by atoms with Crippen molar-refractivity contribution in [2.75, 3.05) is 0 Å². The Kier molecular flexibility index (Phi) is 4.63. The molecule has 0 spiro atoms. The van der Waals surface area contributed by atoms with Gasteiger partial charge in [-0.2, -0.15) is 0 Å². The van der Waals surface area contributed by atoms with Crippen molar-refractivity contribution >= 4 is 17.7 Å². The van der Waals surface area contributed by atoms with Crippen molar-refractivity contribution < 1.29 is 9.90 Å². The van der Waals surface area contributed by atoms with Gasteiger partial charge in [-0.05, 0) is 35.7 Å². The SMILES string of the molecule is CCc1ccc(Sc2ccccc2CC(=O)[O-])cc1. The number of rotatable bonds is 5. The molecule has 98 valence electrons. The number of carboxylic acids is 1. The first-order valence-corrected chi connectivity index (χ1v) is 7.05. The Morgan fingerprint density at radius 2 is 1.79 bits per heavy atom. The van der Waals surface area contributed by atoms with Crippen LogP contribution in [0.25, 0.3) is 0 Å². The zero-order valence-electron chi connectivity index (χ0n) is 10.8. The quantitative estimate of drug-likeness (QED) is 0.839. The summed E-state index contributed by atoms with van der Waals surface area (Å²) < 4.78 is 0. The Balaban J connectivity index is 2.19. The molecule has 2 aromatic rings. The third kappa shape index (κ3) is 3.86. The Morgan fingerprint density at radius 1 is 1.11 bits per heavy atom. The van der Waals surface area contributed by atoms with Gasteiger partial charge in [0.05, 0.1) is 0 Å². The lowest BCUT2D eigenvalue weighted by Gasteiger charge is -2.10. The summed E-state index contributed by atoms with van der Waals surface area (Å²) in [7, 11) is 0. The molecule has 0 aliphatic rings. The van der Waals surface area contributed by atoms with Gasteiger partial charge in [0, 0.05) is 22.2 Å². The third-order valence-electron chi connectivity index (χ3n) is 2.87. The van der Waals surface area contributed by atoms with Gasteiger partial charge in [0.15, 0.2) is 0 Å². The number of carbonyl (C=O) groups excluding carboxylic acids is 1. The van der Waals surface area contributed by atoms with Gasteiger partial charge in [-0.1, -0.05) is 49.0 Å². The molecule has 0 aromatic heterocycles. The van der Waals surface area contributed by atoms with E-state index >= 15 is 0 Å². The summed E-state index contributed by atoms with van der Waals surface area (Å²) in [5.74, 6) is -1.05. The number of carboxylic acid groups (broad SMARTS) is 1. The highest BCUT2D eigenvalue weighted by molar-refractivity contribution is 7.99. The molecule has 19 heavy (non-hydrogen) atoms. The molecular formula is C16H15O2S-. The highest BCUT2D eigenvalue weighted by atomic mass is 32.2. The molecule has 0 bridgehead atoms. The van der Waals surface area contributed by atoms with Crippen LogP contribution in [0.1, 0.15) is 18.1 Å². The van der Waals surface area contributed by atoms with E-state index in [1.807, 2.05) is 24.3 Å². The molecule has 0 atom stereocenters. The maximum Gasteiger partial charge on any atom is 0.0458 e. The molecule has 0 unspecified atom stereocenters. The number of benzene rings is 2. The number of hydrogen-bond acceptors (Lipinski definition) is 3. The van der Waals surface area contributed by atoms with E-state index in [0.717, 1.165) is 21.8 Å². The van der Waals surface area contributed by atoms with Crippen molar-refractivity contribution in [2.45, 2.75) is 29.6 Å². The van der Waals surface area contributed by atoms with Gasteiger partial charge in [-0.15, -0.1) is 0 Å². The lowest BCUT2D eigenvalue weighted by Crippen LogP contribution is -2.24. The van der Waals surface area contributed by atoms with Crippen LogP contribution >= 0.6 is 11.8 Å². The van der Waals surface area contributed by atoms with Gasteiger partial charge in [0.1, 0.15) is 0 Å². The van der Waals surface area contributed by atoms with E-state index < -0.39 is 5.97 Å². The molecule has 2 nitrogen and oxygen atoms in total. The van der Waals surface area contributed by atoms with Gasteiger partial charge < -0.3 is 9.90 Å². The Hall–Kier alpha value is -1.74. The fraction of sp³-hybridized carbons (Fsp3) is 0.188. The van der Waals surface area contributed by atoms with Crippen LogP contribution in [0.3, 0.4) is 0 Å². The first-order valence-electron chi connectivity index (χ1n) is 6.23. The van der Waals surface area contributed by atoms with Crippen LogP contribution in [-0.2, 0) is 17.6 Å². The van der Waals surface area contributed by atoms with Crippen molar-refractivity contribution in [3.63, 3.8) is 0 Å². The minimum absolute atomic E-state index is 0.0454. The maximum absolute atomic E-state index is 10.7. The summed E-state index contributed by atoms with van der Waals surface area (Å²) in [5, 5.41) is 10.7. The minimum Gasteiger partial charge on any atom is -0.550 e. The number of aryl methyl sites for hydroxylation is 1. The van der Waals surface area contributed by atoms with E-state index in [1.165, 1.54) is 5.56 Å². The topological polar surface area (TPSA) is 40.1 Å². The molecule has 0 heterocycles. The van der Waals surface area contributed by atoms with E-state index in [1.54, 1.807) is 11.8 Å². The monoisotopic (exact) mass is 271 g/mol. The zero-order chi connectivity index (χ0) is 13.7. The van der Waals surface area contributed by atoms with Crippen LogP contribution in [0.15, 0.2) is 58.3 Å². The molecule has 0 saturated carbocycles. The molecule has 0 N–H and O–H groups in total. The first kappa shape index (κ1) is 13.7. The number of aliphatic carboxylic acids is 1. The summed E-state index contributed by atoms with van der Waals surface area (Å²) in [5.41, 5.74) is 2.10. The van der Waals surface area contributed by atoms with Crippen molar-refractivity contribution in [3.8, 4) is 0 Å². The number of carbonyl (C=O) groups is 1. The first-order chi connectivity index (χ1) is 9.19. The summed E-state index contributed by atoms with van der Waals surface area (Å²) in [6, 6.07) is 15.9. The number of hydrogen-bond donors (Lipinski definition) is 0. The molecule has 0 fully saturated rings. The molecule has 2 aromatic carbocycles. The van der Waals surface area contributed by atoms with Crippen LogP contribution in [0.2, 0.25) is 0 Å². The second-order valence-corrected chi connectivity index (χ2v) is 5.37. The van der Waals surface area contributed by atoms with Crippen LogP contribution in [-0.4, -0.2) is 5.97 Å². The molecular weight excluding hydrogens is 256 g/mol.